The van der Waals surface area contributed by atoms with Gasteiger partial charge in [0.05, 0.1) is 17.9 Å². The monoisotopic (exact) mass is 440 g/mol. The molecule has 1 aromatic heterocycles. The van der Waals surface area contributed by atoms with Gasteiger partial charge in [-0.3, -0.25) is 9.89 Å². The van der Waals surface area contributed by atoms with Crippen LogP contribution in [0.5, 0.6) is 5.75 Å². The topological polar surface area (TPSA) is 106 Å². The van der Waals surface area contributed by atoms with Crippen LogP contribution in [0.2, 0.25) is 0 Å². The van der Waals surface area contributed by atoms with E-state index in [9.17, 15) is 9.59 Å². The first-order valence-corrected chi connectivity index (χ1v) is 10.8. The van der Waals surface area contributed by atoms with Crippen molar-refractivity contribution >= 4 is 29.3 Å². The quantitative estimate of drug-likeness (QED) is 0.363. The van der Waals surface area contributed by atoms with Crippen LogP contribution in [0.3, 0.4) is 0 Å². The lowest BCUT2D eigenvalue weighted by molar-refractivity contribution is -0.113. The molecule has 0 radical (unpaired) electrons. The zero-order valence-corrected chi connectivity index (χ0v) is 18.2. The summed E-state index contributed by atoms with van der Waals surface area (Å²) in [7, 11) is 0. The number of carbonyl (C=O) groups excluding carboxylic acids is 2. The Morgan fingerprint density at radius 3 is 2.74 bits per heavy atom. The van der Waals surface area contributed by atoms with Gasteiger partial charge in [0, 0.05) is 5.69 Å². The molecular weight excluding hydrogens is 416 g/mol. The molecular formula is C22H24N4O4S. The predicted octanol–water partition coefficient (Wildman–Crippen LogP) is 3.99. The van der Waals surface area contributed by atoms with E-state index in [-0.39, 0.29) is 18.3 Å². The van der Waals surface area contributed by atoms with Gasteiger partial charge in [-0.15, -0.1) is 5.10 Å². The van der Waals surface area contributed by atoms with Crippen LogP contribution in [-0.2, 0) is 16.1 Å². The highest BCUT2D eigenvalue weighted by Gasteiger charge is 2.11. The Morgan fingerprint density at radius 2 is 1.97 bits per heavy atom. The van der Waals surface area contributed by atoms with Crippen LogP contribution in [-0.4, -0.2) is 39.4 Å². The van der Waals surface area contributed by atoms with Crippen molar-refractivity contribution in [3.05, 3.63) is 65.5 Å². The maximum Gasteiger partial charge on any atom is 0.338 e. The van der Waals surface area contributed by atoms with Crippen LogP contribution in [0.4, 0.5) is 5.69 Å². The standard InChI is InChI=1S/C22H24N4O4S/c1-3-11-29-21(28)16-5-4-6-17(12-16)23-20(27)14-31-22-24-19(25-26-22)13-30-18-9-7-15(2)8-10-18/h4-10,12H,3,11,13-14H2,1-2H3,(H,23,27)(H,24,25,26). The third kappa shape index (κ3) is 7.14. The van der Waals surface area contributed by atoms with Crippen molar-refractivity contribution < 1.29 is 19.1 Å². The molecule has 8 nitrogen and oxygen atoms in total. The summed E-state index contributed by atoms with van der Waals surface area (Å²) >= 11 is 1.20. The van der Waals surface area contributed by atoms with Gasteiger partial charge in [0.15, 0.2) is 5.82 Å². The van der Waals surface area contributed by atoms with Crippen LogP contribution in [0.15, 0.2) is 53.7 Å². The minimum Gasteiger partial charge on any atom is -0.486 e. The fourth-order valence-electron chi connectivity index (χ4n) is 2.52. The Kier molecular flexibility index (Phi) is 8.05. The highest BCUT2D eigenvalue weighted by molar-refractivity contribution is 7.99. The molecule has 3 aromatic rings. The first-order chi connectivity index (χ1) is 15.0. The van der Waals surface area contributed by atoms with Gasteiger partial charge in [-0.05, 0) is 43.7 Å². The average Bonchev–Trinajstić information content (AvgIpc) is 3.24. The van der Waals surface area contributed by atoms with Crippen LogP contribution in [0.1, 0.15) is 35.1 Å². The zero-order chi connectivity index (χ0) is 22.1. The van der Waals surface area contributed by atoms with E-state index in [0.717, 1.165) is 17.7 Å². The van der Waals surface area contributed by atoms with Crippen molar-refractivity contribution in [2.24, 2.45) is 0 Å². The van der Waals surface area contributed by atoms with E-state index in [2.05, 4.69) is 20.5 Å². The van der Waals surface area contributed by atoms with Gasteiger partial charge in [-0.2, -0.15) is 0 Å². The normalized spacial score (nSPS) is 10.5. The Morgan fingerprint density at radius 1 is 1.16 bits per heavy atom. The molecule has 162 valence electrons. The first-order valence-electron chi connectivity index (χ1n) is 9.84. The highest BCUT2D eigenvalue weighted by atomic mass is 32.2. The molecule has 2 N–H and O–H groups in total. The highest BCUT2D eigenvalue weighted by Crippen LogP contribution is 2.17. The maximum atomic E-state index is 12.2. The summed E-state index contributed by atoms with van der Waals surface area (Å²) in [5.74, 6) is 0.804. The summed E-state index contributed by atoms with van der Waals surface area (Å²) in [5.41, 5.74) is 2.08. The van der Waals surface area contributed by atoms with E-state index in [1.807, 2.05) is 38.1 Å². The molecule has 3 rings (SSSR count). The number of thioether (sulfide) groups is 1. The number of amides is 1. The Balaban J connectivity index is 1.45. The lowest BCUT2D eigenvalue weighted by Gasteiger charge is -2.07. The second-order valence-corrected chi connectivity index (χ2v) is 7.66. The molecule has 0 unspecified atom stereocenters. The summed E-state index contributed by atoms with van der Waals surface area (Å²) in [6.07, 6.45) is 0.750. The summed E-state index contributed by atoms with van der Waals surface area (Å²) in [6.45, 7) is 4.55. The Bertz CT molecular complexity index is 1020. The molecule has 0 bridgehead atoms. The number of hydrogen-bond donors (Lipinski definition) is 2. The fraction of sp³-hybridized carbons (Fsp3) is 0.273. The molecule has 1 heterocycles. The van der Waals surface area contributed by atoms with Crippen LogP contribution >= 0.6 is 11.8 Å². The Labute approximate surface area is 184 Å². The zero-order valence-electron chi connectivity index (χ0n) is 17.4. The van der Waals surface area contributed by atoms with Crippen LogP contribution in [0.25, 0.3) is 0 Å². The average molecular weight is 441 g/mol. The van der Waals surface area contributed by atoms with E-state index in [1.165, 1.54) is 11.8 Å². The predicted molar refractivity (Wildman–Crippen MR) is 118 cm³/mol. The van der Waals surface area contributed by atoms with Gasteiger partial charge in [0.1, 0.15) is 12.4 Å². The number of aryl methyl sites for hydroxylation is 1. The van der Waals surface area contributed by atoms with Crippen molar-refractivity contribution in [3.63, 3.8) is 0 Å². The van der Waals surface area contributed by atoms with E-state index < -0.39 is 5.97 Å². The summed E-state index contributed by atoms with van der Waals surface area (Å²) < 4.78 is 10.8. The molecule has 0 fully saturated rings. The number of anilines is 1. The van der Waals surface area contributed by atoms with Crippen molar-refractivity contribution in [1.29, 1.82) is 0 Å². The number of carbonyl (C=O) groups is 2. The molecule has 1 amide bonds. The minimum atomic E-state index is -0.409. The molecule has 0 saturated carbocycles. The molecule has 0 aliphatic carbocycles. The maximum absolute atomic E-state index is 12.2. The van der Waals surface area contributed by atoms with Gasteiger partial charge in [-0.25, -0.2) is 9.78 Å². The number of benzene rings is 2. The van der Waals surface area contributed by atoms with E-state index in [4.69, 9.17) is 9.47 Å². The molecule has 0 saturated heterocycles. The third-order valence-corrected chi connectivity index (χ3v) is 4.91. The molecule has 31 heavy (non-hydrogen) atoms. The summed E-state index contributed by atoms with van der Waals surface area (Å²) in [4.78, 5) is 28.5. The molecule has 2 aromatic carbocycles. The minimum absolute atomic E-state index is 0.126. The van der Waals surface area contributed by atoms with Crippen molar-refractivity contribution in [3.8, 4) is 5.75 Å². The fourth-order valence-corrected chi connectivity index (χ4v) is 3.14. The van der Waals surface area contributed by atoms with Crippen molar-refractivity contribution in [1.82, 2.24) is 15.2 Å². The van der Waals surface area contributed by atoms with Crippen molar-refractivity contribution in [2.75, 3.05) is 17.7 Å². The molecule has 0 aliphatic rings. The van der Waals surface area contributed by atoms with Gasteiger partial charge >= 0.3 is 5.97 Å². The van der Waals surface area contributed by atoms with Crippen LogP contribution < -0.4 is 10.1 Å². The number of ether oxygens (including phenoxy) is 2. The summed E-state index contributed by atoms with van der Waals surface area (Å²) in [6, 6.07) is 14.4. The third-order valence-electron chi connectivity index (χ3n) is 4.06. The van der Waals surface area contributed by atoms with Gasteiger partial charge in [0.25, 0.3) is 0 Å². The smallest absolute Gasteiger partial charge is 0.338 e. The number of nitrogens with zero attached hydrogens (tertiary/aromatic N) is 2. The molecule has 0 spiro atoms. The van der Waals surface area contributed by atoms with E-state index in [1.54, 1.807) is 24.3 Å². The second kappa shape index (κ2) is 11.2. The van der Waals surface area contributed by atoms with Crippen molar-refractivity contribution in [2.45, 2.75) is 32.0 Å². The first kappa shape index (κ1) is 22.4. The van der Waals surface area contributed by atoms with Gasteiger partial charge in [0.2, 0.25) is 11.1 Å². The lowest BCUT2D eigenvalue weighted by atomic mass is 10.2. The number of H-pyrrole nitrogens is 1. The van der Waals surface area contributed by atoms with Crippen LogP contribution in [0, 0.1) is 6.92 Å². The molecule has 0 aliphatic heterocycles. The largest absolute Gasteiger partial charge is 0.486 e. The lowest BCUT2D eigenvalue weighted by Crippen LogP contribution is -2.15. The second-order valence-electron chi connectivity index (χ2n) is 6.72. The number of rotatable bonds is 10. The number of hydrogen-bond acceptors (Lipinski definition) is 7. The molecule has 9 heteroatoms. The number of aromatic nitrogens is 3. The number of nitrogens with one attached hydrogen (secondary N) is 2. The van der Waals surface area contributed by atoms with E-state index >= 15 is 0 Å². The van der Waals surface area contributed by atoms with E-state index in [0.29, 0.717) is 28.8 Å². The van der Waals surface area contributed by atoms with Gasteiger partial charge in [-0.1, -0.05) is 42.4 Å². The Hall–Kier alpha value is -3.33. The van der Waals surface area contributed by atoms with Gasteiger partial charge < -0.3 is 14.8 Å². The number of esters is 1. The number of aromatic amines is 1. The summed E-state index contributed by atoms with van der Waals surface area (Å²) in [5, 5.41) is 10.1. The molecule has 0 atom stereocenters. The SMILES string of the molecule is CCCOC(=O)c1cccc(NC(=O)CSc2n[nH]c(COc3ccc(C)cc3)n2)c1.